The topological polar surface area (TPSA) is 0 Å². The lowest BCUT2D eigenvalue weighted by molar-refractivity contribution is 0.641. The summed E-state index contributed by atoms with van der Waals surface area (Å²) in [5, 5.41) is 17.5. The van der Waals surface area contributed by atoms with Gasteiger partial charge in [0, 0.05) is 97.7 Å². The van der Waals surface area contributed by atoms with Crippen LogP contribution < -0.4 is 5.22 Å². The normalized spacial score (nSPS) is 15.3. The van der Waals surface area contributed by atoms with Crippen molar-refractivity contribution in [1.82, 2.24) is 0 Å². The summed E-state index contributed by atoms with van der Waals surface area (Å²) in [6, 6.07) is 76.6. The zero-order chi connectivity index (χ0) is 45.1. The molecule has 0 saturated heterocycles. The van der Waals surface area contributed by atoms with Crippen molar-refractivity contribution in [2.24, 2.45) is 5.92 Å². The van der Waals surface area contributed by atoms with Crippen LogP contribution >= 0.6 is 45.3 Å². The first-order valence-corrected chi connectivity index (χ1v) is 27.1. The van der Waals surface area contributed by atoms with Crippen molar-refractivity contribution in [2.75, 3.05) is 0 Å². The summed E-state index contributed by atoms with van der Waals surface area (Å²) in [5.41, 5.74) is 10.9. The van der Waals surface area contributed by atoms with Crippen LogP contribution in [0.4, 0.5) is 0 Å². The molecule has 11 aromatic carbocycles. The van der Waals surface area contributed by atoms with Crippen molar-refractivity contribution in [2.45, 2.75) is 12.8 Å². The summed E-state index contributed by atoms with van der Waals surface area (Å²) in [7, 11) is 0. The minimum Gasteiger partial charge on any atom is -0.135 e. The van der Waals surface area contributed by atoms with E-state index in [9.17, 15) is 0 Å². The van der Waals surface area contributed by atoms with E-state index in [0.29, 0.717) is 0 Å². The van der Waals surface area contributed by atoms with E-state index in [4.69, 9.17) is 0 Å². The van der Waals surface area contributed by atoms with Crippen LogP contribution in [0.25, 0.3) is 130 Å². The molecule has 1 aliphatic carbocycles. The van der Waals surface area contributed by atoms with Gasteiger partial charge in [0.2, 0.25) is 0 Å². The van der Waals surface area contributed by atoms with Crippen LogP contribution in [0, 0.1) is 5.92 Å². The number of hydrogen-bond acceptors (Lipinski definition) is 4. The van der Waals surface area contributed by atoms with Gasteiger partial charge in [-0.05, 0) is 96.4 Å². The minimum atomic E-state index is 0.119. The highest BCUT2D eigenvalue weighted by atomic mass is 32.1. The van der Waals surface area contributed by atoms with E-state index < -0.39 is 0 Å². The molecule has 0 amide bonds. The molecule has 0 spiro atoms. The Labute approximate surface area is 413 Å². The maximum atomic E-state index is 2.56. The predicted octanol–water partition coefficient (Wildman–Crippen LogP) is 19.5. The highest BCUT2D eigenvalue weighted by Crippen LogP contribution is 2.54. The van der Waals surface area contributed by atoms with Gasteiger partial charge in [0.15, 0.2) is 0 Å². The molecule has 0 fully saturated rings. The van der Waals surface area contributed by atoms with Gasteiger partial charge in [-0.2, -0.15) is 0 Å². The monoisotopic (exact) mass is 946 g/mol. The van der Waals surface area contributed by atoms with Crippen LogP contribution in [0.5, 0.6) is 0 Å². The molecule has 322 valence electrons. The first-order valence-electron chi connectivity index (χ1n) is 23.8. The first-order chi connectivity index (χ1) is 34.2. The Bertz CT molecular complexity index is 4630. The molecule has 4 aromatic heterocycles. The van der Waals surface area contributed by atoms with Crippen LogP contribution in [0.3, 0.4) is 0 Å². The molecule has 0 aliphatic heterocycles. The van der Waals surface area contributed by atoms with E-state index in [1.54, 1.807) is 0 Å². The average molecular weight is 947 g/mol. The van der Waals surface area contributed by atoms with Crippen molar-refractivity contribution in [3.63, 3.8) is 0 Å². The third kappa shape index (κ3) is 5.32. The van der Waals surface area contributed by atoms with Gasteiger partial charge < -0.3 is 0 Å². The maximum absolute atomic E-state index is 2.56. The quantitative estimate of drug-likeness (QED) is 0.165. The molecule has 0 N–H and O–H groups in total. The molecule has 0 nitrogen and oxygen atoms in total. The molecule has 0 bridgehead atoms. The Morgan fingerprint density at radius 3 is 1.22 bits per heavy atom. The molecule has 2 unspecified atom stereocenters. The van der Waals surface area contributed by atoms with Crippen molar-refractivity contribution in [3.05, 3.63) is 222 Å². The average Bonchev–Trinajstić information content (AvgIpc) is 4.18. The number of fused-ring (bicyclic) bond motifs is 12. The Morgan fingerprint density at radius 2 is 0.696 bits per heavy atom. The van der Waals surface area contributed by atoms with Crippen LogP contribution in [-0.2, 0) is 0 Å². The molecule has 0 radical (unpaired) electrons. The Morgan fingerprint density at radius 1 is 0.290 bits per heavy atom. The molecule has 16 rings (SSSR count). The van der Waals surface area contributed by atoms with Gasteiger partial charge in [-0.1, -0.05) is 177 Å². The van der Waals surface area contributed by atoms with Gasteiger partial charge in [-0.25, -0.2) is 0 Å². The second-order valence-electron chi connectivity index (χ2n) is 18.9. The van der Waals surface area contributed by atoms with E-state index in [0.717, 1.165) is 0 Å². The van der Waals surface area contributed by atoms with Gasteiger partial charge in [-0.15, -0.1) is 45.3 Å². The van der Waals surface area contributed by atoms with Crippen molar-refractivity contribution < 1.29 is 0 Å². The van der Waals surface area contributed by atoms with E-state index in [-0.39, 0.29) is 11.8 Å². The van der Waals surface area contributed by atoms with Crippen molar-refractivity contribution in [1.29, 1.82) is 0 Å². The molecular weight excluding hydrogens is 909 g/mol. The lowest BCUT2D eigenvalue weighted by Gasteiger charge is -2.34. The van der Waals surface area contributed by atoms with Crippen LogP contribution in [0.15, 0.2) is 200 Å². The minimum absolute atomic E-state index is 0.119. The third-order valence-electron chi connectivity index (χ3n) is 15.5. The van der Waals surface area contributed by atoms with Crippen molar-refractivity contribution in [3.8, 4) is 22.3 Å². The summed E-state index contributed by atoms with van der Waals surface area (Å²) < 4.78 is 10.8. The van der Waals surface area contributed by atoms with Gasteiger partial charge >= 0.3 is 0 Å². The number of benzene rings is 11. The second kappa shape index (κ2) is 14.4. The summed E-state index contributed by atoms with van der Waals surface area (Å²) >= 11 is 7.77. The largest absolute Gasteiger partial charge is 0.135 e. The molecule has 69 heavy (non-hydrogen) atoms. The first kappa shape index (κ1) is 38.8. The number of rotatable bonds is 4. The van der Waals surface area contributed by atoms with E-state index in [1.165, 1.54) is 152 Å². The fourth-order valence-electron chi connectivity index (χ4n) is 12.6. The van der Waals surface area contributed by atoms with E-state index >= 15 is 0 Å². The molecule has 0 saturated carbocycles. The Balaban J connectivity index is 1.10. The highest BCUT2D eigenvalue weighted by molar-refractivity contribution is 7.27. The zero-order valence-electron chi connectivity index (χ0n) is 37.3. The van der Waals surface area contributed by atoms with Gasteiger partial charge in [0.1, 0.15) is 0 Å². The fourth-order valence-corrected chi connectivity index (χ4v) is 17.5. The predicted molar refractivity (Wildman–Crippen MR) is 306 cm³/mol. The summed E-state index contributed by atoms with van der Waals surface area (Å²) in [6.07, 6.45) is 0. The molecule has 4 heterocycles. The van der Waals surface area contributed by atoms with Crippen molar-refractivity contribution >= 4 is 153 Å². The summed E-state index contributed by atoms with van der Waals surface area (Å²) in [4.78, 5) is 0. The fraction of sp³-hybridized carbons (Fsp3) is 0.0462. The van der Waals surface area contributed by atoms with Gasteiger partial charge in [0.05, 0.1) is 0 Å². The summed E-state index contributed by atoms with van der Waals surface area (Å²) in [6.45, 7) is 2.52. The molecule has 1 aliphatic rings. The van der Waals surface area contributed by atoms with Crippen LogP contribution in [-0.4, -0.2) is 0 Å². The lowest BCUT2D eigenvalue weighted by Crippen LogP contribution is -2.27. The maximum Gasteiger partial charge on any atom is 0.0434 e. The van der Waals surface area contributed by atoms with E-state index in [1.807, 2.05) is 45.3 Å². The number of thiophene rings is 4. The van der Waals surface area contributed by atoms with Crippen LogP contribution in [0.1, 0.15) is 29.5 Å². The second-order valence-corrected chi connectivity index (χ2v) is 23.1. The van der Waals surface area contributed by atoms with E-state index in [2.05, 4.69) is 207 Å². The molecule has 15 aromatic rings. The SMILES string of the molecule is CC1C(c2cccc3c2sc2ccccc23)=c2ccc3c(-c4cccc5c4sc4ccccc45)cc(-c4cccc5c4sc4ccccc45)c4ccc(c2c43)C1c1cccc2c1sc1ccccc12. The number of hydrogen-bond donors (Lipinski definition) is 0. The smallest absolute Gasteiger partial charge is 0.0434 e. The molecular formula is C65H38S4. The lowest BCUT2D eigenvalue weighted by atomic mass is 9.69. The molecule has 2 atom stereocenters. The Hall–Kier alpha value is -7.18. The Kier molecular flexibility index (Phi) is 8.10. The van der Waals surface area contributed by atoms with Crippen LogP contribution in [0.2, 0.25) is 0 Å². The third-order valence-corrected chi connectivity index (χ3v) is 20.4. The van der Waals surface area contributed by atoms with Gasteiger partial charge in [0.25, 0.3) is 0 Å². The highest BCUT2D eigenvalue weighted by Gasteiger charge is 2.35. The molecule has 4 heteroatoms. The standard InChI is InChI=1S/C65H38S4/c1-35-58(50-24-12-20-44-38-16-4-8-28-56(38)68-64(44)50)48-32-30-40-52(46-22-10-18-42-36-14-2-6-26-54(36)66-62(42)46)34-53(47-23-11-19-43-37-15-3-7-27-55(37)67-63(43)47)41-31-33-49(61(48)60(40)41)59(35)51-25-13-21-45-39-17-5-9-29-57(39)69-65(45)51/h2-35,58H,1H3. The van der Waals surface area contributed by atoms with Gasteiger partial charge in [-0.3, -0.25) is 0 Å². The summed E-state index contributed by atoms with van der Waals surface area (Å²) in [5.74, 6) is 0.304. The zero-order valence-corrected chi connectivity index (χ0v) is 40.6.